The Kier molecular flexibility index (Phi) is 16.9. The number of para-hydroxylation sites is 1. The topological polar surface area (TPSA) is 58.6 Å². The van der Waals surface area contributed by atoms with Crippen LogP contribution in [0.5, 0.6) is 5.75 Å². The van der Waals surface area contributed by atoms with Gasteiger partial charge in [-0.1, -0.05) is 95.8 Å². The first-order valence-corrected chi connectivity index (χ1v) is 16.2. The largest absolute Gasteiger partial charge is 0.492 e. The zero-order chi connectivity index (χ0) is 28.6. The van der Waals surface area contributed by atoms with E-state index in [0.29, 0.717) is 23.5 Å². The minimum atomic E-state index is -0.268. The second kappa shape index (κ2) is 19.8. The number of thioether (sulfide) groups is 1. The number of anilines is 1. The first-order chi connectivity index (χ1) is 19.5. The lowest BCUT2D eigenvalue weighted by Gasteiger charge is -2.16. The molecule has 5 nitrogen and oxygen atoms in total. The van der Waals surface area contributed by atoms with Crippen LogP contribution in [0.3, 0.4) is 0 Å². The number of carbonyl (C=O) groups is 2. The molecular weight excluding hydrogens is 596 g/mol. The zero-order valence-corrected chi connectivity index (χ0v) is 27.7. The summed E-state index contributed by atoms with van der Waals surface area (Å²) in [6, 6.07) is 13.1. The number of amides is 1. The fourth-order valence-corrected chi connectivity index (χ4v) is 5.76. The second-order valence-electron chi connectivity index (χ2n) is 10.9. The molecule has 7 heteroatoms. The molecule has 41 heavy (non-hydrogen) atoms. The number of allylic oxidation sites excluding steroid dienone is 1. The SMILES string of the molecule is Br.CCCCCCCCCCCCCCOc1c(C(C)=O)cccc1C(=O)Nc1ccc(CN2C=C(C)SC2)cc1. The van der Waals surface area contributed by atoms with Gasteiger partial charge in [-0.05, 0) is 55.0 Å². The Labute approximate surface area is 262 Å². The van der Waals surface area contributed by atoms with Crippen LogP contribution < -0.4 is 10.1 Å². The minimum absolute atomic E-state index is 0. The van der Waals surface area contributed by atoms with Crippen molar-refractivity contribution in [3.63, 3.8) is 0 Å². The molecule has 2 aromatic carbocycles. The maximum absolute atomic E-state index is 13.2. The molecular formula is C34H49BrN2O3S. The maximum atomic E-state index is 13.2. The van der Waals surface area contributed by atoms with Crippen LogP contribution in [0.2, 0.25) is 0 Å². The number of unbranched alkanes of at least 4 members (excludes halogenated alkanes) is 11. The van der Waals surface area contributed by atoms with Crippen LogP contribution in [0.1, 0.15) is 124 Å². The van der Waals surface area contributed by atoms with E-state index < -0.39 is 0 Å². The van der Waals surface area contributed by atoms with Crippen LogP contribution in [0.15, 0.2) is 53.6 Å². The summed E-state index contributed by atoms with van der Waals surface area (Å²) >= 11 is 1.85. The Hall–Kier alpha value is -2.25. The van der Waals surface area contributed by atoms with Gasteiger partial charge in [-0.15, -0.1) is 28.7 Å². The Balaban J connectivity index is 0.00000588. The molecule has 0 saturated heterocycles. The average Bonchev–Trinajstić information content (AvgIpc) is 3.36. The van der Waals surface area contributed by atoms with Crippen LogP contribution in [0, 0.1) is 0 Å². The molecule has 0 saturated carbocycles. The first kappa shape index (κ1) is 34.9. The molecule has 2 aromatic rings. The van der Waals surface area contributed by atoms with Crippen molar-refractivity contribution >= 4 is 46.1 Å². The number of hydrogen-bond acceptors (Lipinski definition) is 5. The Morgan fingerprint density at radius 1 is 0.854 bits per heavy atom. The van der Waals surface area contributed by atoms with Gasteiger partial charge in [0.25, 0.3) is 5.91 Å². The summed E-state index contributed by atoms with van der Waals surface area (Å²) in [6.45, 7) is 7.25. The summed E-state index contributed by atoms with van der Waals surface area (Å²) in [5, 5.41) is 2.98. The third-order valence-electron chi connectivity index (χ3n) is 7.30. The number of ketones is 1. The number of carbonyl (C=O) groups excluding carboxylic acids is 2. The smallest absolute Gasteiger partial charge is 0.259 e. The number of Topliss-reactive ketones (excluding diaryl/α,β-unsaturated/α-hetero) is 1. The van der Waals surface area contributed by atoms with Crippen LogP contribution in [0.4, 0.5) is 5.69 Å². The van der Waals surface area contributed by atoms with Gasteiger partial charge in [0, 0.05) is 18.4 Å². The van der Waals surface area contributed by atoms with E-state index in [1.807, 2.05) is 36.0 Å². The van der Waals surface area contributed by atoms with Gasteiger partial charge in [0.05, 0.1) is 23.6 Å². The van der Waals surface area contributed by atoms with Gasteiger partial charge in [0.1, 0.15) is 5.75 Å². The molecule has 0 atom stereocenters. The zero-order valence-electron chi connectivity index (χ0n) is 25.2. The lowest BCUT2D eigenvalue weighted by atomic mass is 10.0. The second-order valence-corrected chi connectivity index (χ2v) is 12.1. The van der Waals surface area contributed by atoms with Crippen molar-refractivity contribution in [2.75, 3.05) is 17.8 Å². The van der Waals surface area contributed by atoms with E-state index in [4.69, 9.17) is 4.74 Å². The van der Waals surface area contributed by atoms with Gasteiger partial charge in [-0.25, -0.2) is 0 Å². The predicted molar refractivity (Wildman–Crippen MR) is 179 cm³/mol. The highest BCUT2D eigenvalue weighted by atomic mass is 79.9. The molecule has 0 fully saturated rings. The highest BCUT2D eigenvalue weighted by Gasteiger charge is 2.19. The molecule has 1 aliphatic rings. The molecule has 226 valence electrons. The van der Waals surface area contributed by atoms with Crippen LogP contribution >= 0.6 is 28.7 Å². The van der Waals surface area contributed by atoms with E-state index in [-0.39, 0.29) is 28.7 Å². The summed E-state index contributed by atoms with van der Waals surface area (Å²) in [5.41, 5.74) is 2.75. The number of halogens is 1. The molecule has 1 N–H and O–H groups in total. The van der Waals surface area contributed by atoms with Crippen molar-refractivity contribution in [1.29, 1.82) is 0 Å². The fraction of sp³-hybridized carbons (Fsp3) is 0.529. The molecule has 0 spiro atoms. The van der Waals surface area contributed by atoms with Crippen molar-refractivity contribution in [2.45, 2.75) is 104 Å². The van der Waals surface area contributed by atoms with E-state index in [9.17, 15) is 9.59 Å². The van der Waals surface area contributed by atoms with Crippen molar-refractivity contribution in [2.24, 2.45) is 0 Å². The predicted octanol–water partition coefficient (Wildman–Crippen LogP) is 10.2. The Morgan fingerprint density at radius 2 is 1.44 bits per heavy atom. The van der Waals surface area contributed by atoms with E-state index in [1.165, 1.54) is 81.6 Å². The van der Waals surface area contributed by atoms with Gasteiger partial charge in [-0.3, -0.25) is 9.59 Å². The molecule has 0 unspecified atom stereocenters. The summed E-state index contributed by atoms with van der Waals surface area (Å²) in [5.74, 6) is 0.989. The fourth-order valence-electron chi connectivity index (χ4n) is 5.00. The van der Waals surface area contributed by atoms with Crippen LogP contribution in [-0.4, -0.2) is 29.1 Å². The Morgan fingerprint density at radius 3 is 2.00 bits per heavy atom. The number of hydrogen-bond donors (Lipinski definition) is 1. The highest BCUT2D eigenvalue weighted by Crippen LogP contribution is 2.28. The van der Waals surface area contributed by atoms with Crippen LogP contribution in [0.25, 0.3) is 0 Å². The third kappa shape index (κ3) is 12.7. The summed E-state index contributed by atoms with van der Waals surface area (Å²) in [7, 11) is 0. The molecule has 0 radical (unpaired) electrons. The summed E-state index contributed by atoms with van der Waals surface area (Å²) < 4.78 is 6.09. The molecule has 0 aliphatic carbocycles. The van der Waals surface area contributed by atoms with Gasteiger partial charge in [-0.2, -0.15) is 0 Å². The quantitative estimate of drug-likeness (QED) is 0.122. The minimum Gasteiger partial charge on any atom is -0.492 e. The van der Waals surface area contributed by atoms with Crippen LogP contribution in [-0.2, 0) is 6.54 Å². The maximum Gasteiger partial charge on any atom is 0.259 e. The van der Waals surface area contributed by atoms with Gasteiger partial charge in [0.15, 0.2) is 5.78 Å². The van der Waals surface area contributed by atoms with Gasteiger partial charge < -0.3 is 15.0 Å². The summed E-state index contributed by atoms with van der Waals surface area (Å²) in [6.07, 6.45) is 17.5. The monoisotopic (exact) mass is 644 g/mol. The molecule has 1 heterocycles. The molecule has 0 aromatic heterocycles. The summed E-state index contributed by atoms with van der Waals surface area (Å²) in [4.78, 5) is 29.1. The van der Waals surface area contributed by atoms with Crippen molar-refractivity contribution in [1.82, 2.24) is 4.90 Å². The standard InChI is InChI=1S/C34H48N2O3S.BrH/c1-4-5-6-7-8-9-10-11-12-13-14-15-23-39-33-31(28(3)37)17-16-18-32(33)34(38)35-30-21-19-29(20-22-30)25-36-24-27(2)40-26-36;/h16-22,24H,4-15,23,25-26H2,1-3H3,(H,35,38);1H. The molecule has 3 rings (SSSR count). The van der Waals surface area contributed by atoms with Gasteiger partial charge in [0.2, 0.25) is 0 Å². The number of ether oxygens (including phenoxy) is 1. The van der Waals surface area contributed by atoms with Crippen molar-refractivity contribution < 1.29 is 14.3 Å². The lowest BCUT2D eigenvalue weighted by Crippen LogP contribution is -2.16. The van der Waals surface area contributed by atoms with E-state index in [2.05, 4.69) is 30.3 Å². The van der Waals surface area contributed by atoms with Crippen molar-refractivity contribution in [3.8, 4) is 5.75 Å². The third-order valence-corrected chi connectivity index (χ3v) is 8.32. The molecule has 1 aliphatic heterocycles. The first-order valence-electron chi connectivity index (χ1n) is 15.2. The number of nitrogens with zero attached hydrogens (tertiary/aromatic N) is 1. The highest BCUT2D eigenvalue weighted by molar-refractivity contribution is 8.93. The number of benzene rings is 2. The number of rotatable bonds is 19. The number of nitrogens with one attached hydrogen (secondary N) is 1. The Bertz CT molecular complexity index is 1100. The van der Waals surface area contributed by atoms with Crippen molar-refractivity contribution in [3.05, 3.63) is 70.3 Å². The normalized spacial score (nSPS) is 12.6. The molecule has 1 amide bonds. The lowest BCUT2D eigenvalue weighted by molar-refractivity contribution is 0.101. The molecule has 0 bridgehead atoms. The van der Waals surface area contributed by atoms with E-state index >= 15 is 0 Å². The van der Waals surface area contributed by atoms with E-state index in [0.717, 1.165) is 31.0 Å². The van der Waals surface area contributed by atoms with E-state index in [1.54, 1.807) is 18.2 Å². The average molecular weight is 646 g/mol. The van der Waals surface area contributed by atoms with Gasteiger partial charge >= 0.3 is 0 Å².